The minimum Gasteiger partial charge on any atom is -0.384 e. The molecule has 0 bridgehead atoms. The summed E-state index contributed by atoms with van der Waals surface area (Å²) in [6.07, 6.45) is 4.04. The number of pyridine rings is 1. The van der Waals surface area contributed by atoms with Gasteiger partial charge in [-0.1, -0.05) is 11.8 Å². The number of aliphatic hydroxyl groups is 1. The average molecular weight is 287 g/mol. The molecular formula is C16H21N3O2. The van der Waals surface area contributed by atoms with E-state index in [9.17, 15) is 4.79 Å². The molecule has 1 aromatic rings. The third kappa shape index (κ3) is 4.85. The van der Waals surface area contributed by atoms with E-state index in [-0.39, 0.29) is 18.6 Å². The van der Waals surface area contributed by atoms with E-state index in [0.29, 0.717) is 11.3 Å². The van der Waals surface area contributed by atoms with Gasteiger partial charge < -0.3 is 15.3 Å². The van der Waals surface area contributed by atoms with Crippen LogP contribution in [0.2, 0.25) is 0 Å². The molecule has 5 nitrogen and oxygen atoms in total. The Bertz CT molecular complexity index is 525. The molecule has 1 unspecified atom stereocenters. The Morgan fingerprint density at radius 1 is 1.48 bits per heavy atom. The van der Waals surface area contributed by atoms with Gasteiger partial charge in [0.1, 0.15) is 12.3 Å². The molecule has 0 aliphatic carbocycles. The first-order valence-corrected chi connectivity index (χ1v) is 7.28. The number of likely N-dealkylation sites (tertiary alicyclic amines) is 1. The van der Waals surface area contributed by atoms with Crippen molar-refractivity contribution < 1.29 is 9.90 Å². The first kappa shape index (κ1) is 15.5. The van der Waals surface area contributed by atoms with Gasteiger partial charge in [0, 0.05) is 24.3 Å². The summed E-state index contributed by atoms with van der Waals surface area (Å²) in [7, 11) is 0. The Kier molecular flexibility index (Phi) is 5.73. The minimum atomic E-state index is -0.184. The van der Waals surface area contributed by atoms with E-state index in [0.717, 1.165) is 19.6 Å². The van der Waals surface area contributed by atoms with Crippen molar-refractivity contribution in [3.8, 4) is 11.8 Å². The molecule has 1 aliphatic rings. The maximum atomic E-state index is 12.1. The lowest BCUT2D eigenvalue weighted by molar-refractivity contribution is 0.0927. The summed E-state index contributed by atoms with van der Waals surface area (Å²) in [5.41, 5.74) is 1.07. The van der Waals surface area contributed by atoms with Gasteiger partial charge in [0.05, 0.1) is 0 Å². The highest BCUT2D eigenvalue weighted by molar-refractivity contribution is 5.92. The van der Waals surface area contributed by atoms with Crippen LogP contribution in [0.1, 0.15) is 35.8 Å². The summed E-state index contributed by atoms with van der Waals surface area (Å²) in [5.74, 6) is 5.13. The molecule has 1 amide bonds. The Morgan fingerprint density at radius 2 is 2.24 bits per heavy atom. The Labute approximate surface area is 125 Å². The summed E-state index contributed by atoms with van der Waals surface area (Å²) < 4.78 is 0. The fourth-order valence-corrected chi connectivity index (χ4v) is 2.44. The first-order valence-electron chi connectivity index (χ1n) is 7.28. The highest BCUT2D eigenvalue weighted by atomic mass is 16.2. The molecule has 1 aromatic heterocycles. The highest BCUT2D eigenvalue weighted by Crippen LogP contribution is 2.07. The van der Waals surface area contributed by atoms with Crippen LogP contribution in [0.25, 0.3) is 0 Å². The van der Waals surface area contributed by atoms with Crippen LogP contribution in [-0.4, -0.2) is 53.2 Å². The largest absolute Gasteiger partial charge is 0.384 e. The number of rotatable bonds is 4. The molecule has 0 spiro atoms. The Balaban J connectivity index is 1.87. The van der Waals surface area contributed by atoms with Gasteiger partial charge in [0.2, 0.25) is 0 Å². The van der Waals surface area contributed by atoms with Crippen LogP contribution in [-0.2, 0) is 0 Å². The monoisotopic (exact) mass is 287 g/mol. The topological polar surface area (TPSA) is 65.5 Å². The quantitative estimate of drug-likeness (QED) is 0.798. The third-order valence-electron chi connectivity index (χ3n) is 3.42. The van der Waals surface area contributed by atoms with Crippen LogP contribution < -0.4 is 5.32 Å². The predicted octanol–water partition coefficient (Wildman–Crippen LogP) is 0.639. The summed E-state index contributed by atoms with van der Waals surface area (Å²) in [5, 5.41) is 11.6. The van der Waals surface area contributed by atoms with Gasteiger partial charge in [-0.05, 0) is 45.0 Å². The van der Waals surface area contributed by atoms with Gasteiger partial charge in [0.15, 0.2) is 0 Å². The molecule has 2 heterocycles. The van der Waals surface area contributed by atoms with Crippen LogP contribution >= 0.6 is 0 Å². The van der Waals surface area contributed by atoms with E-state index >= 15 is 0 Å². The summed E-state index contributed by atoms with van der Waals surface area (Å²) >= 11 is 0. The zero-order chi connectivity index (χ0) is 15.1. The van der Waals surface area contributed by atoms with Gasteiger partial charge in [-0.2, -0.15) is 0 Å². The van der Waals surface area contributed by atoms with Crippen molar-refractivity contribution in [3.63, 3.8) is 0 Å². The standard InChI is InChI=1S/C16H21N3O2/c1-13(12-19-8-2-3-9-19)18-16(21)15-7-6-14(11-17-15)5-4-10-20/h6-7,11,13,20H,2-3,8-10,12H2,1H3,(H,18,21). The molecule has 5 heteroatoms. The number of amides is 1. The number of carbonyl (C=O) groups is 1. The maximum Gasteiger partial charge on any atom is 0.270 e. The molecule has 2 rings (SSSR count). The van der Waals surface area contributed by atoms with E-state index in [1.165, 1.54) is 12.8 Å². The second kappa shape index (κ2) is 7.77. The Hall–Kier alpha value is -1.90. The van der Waals surface area contributed by atoms with Crippen LogP contribution in [0.3, 0.4) is 0 Å². The molecule has 21 heavy (non-hydrogen) atoms. The smallest absolute Gasteiger partial charge is 0.270 e. The fourth-order valence-electron chi connectivity index (χ4n) is 2.44. The molecule has 1 atom stereocenters. The van der Waals surface area contributed by atoms with Crippen molar-refractivity contribution in [1.82, 2.24) is 15.2 Å². The third-order valence-corrected chi connectivity index (χ3v) is 3.42. The normalized spacial score (nSPS) is 16.1. The average Bonchev–Trinajstić information content (AvgIpc) is 2.98. The van der Waals surface area contributed by atoms with Gasteiger partial charge >= 0.3 is 0 Å². The SMILES string of the molecule is CC(CN1CCCC1)NC(=O)c1ccc(C#CCO)cn1. The number of hydrogen-bond donors (Lipinski definition) is 2. The molecule has 1 aliphatic heterocycles. The number of carbonyl (C=O) groups excluding carboxylic acids is 1. The van der Waals surface area contributed by atoms with Crippen molar-refractivity contribution in [2.24, 2.45) is 0 Å². The number of nitrogens with zero attached hydrogens (tertiary/aromatic N) is 2. The molecule has 1 fully saturated rings. The van der Waals surface area contributed by atoms with Crippen LogP contribution in [0.5, 0.6) is 0 Å². The molecule has 2 N–H and O–H groups in total. The van der Waals surface area contributed by atoms with Crippen molar-refractivity contribution >= 4 is 5.91 Å². The fraction of sp³-hybridized carbons (Fsp3) is 0.500. The summed E-state index contributed by atoms with van der Waals surface area (Å²) in [6, 6.07) is 3.49. The van der Waals surface area contributed by atoms with Crippen LogP contribution in [0.15, 0.2) is 18.3 Å². The molecule has 0 radical (unpaired) electrons. The maximum absolute atomic E-state index is 12.1. The van der Waals surface area contributed by atoms with Gasteiger partial charge in [-0.15, -0.1) is 0 Å². The molecular weight excluding hydrogens is 266 g/mol. The second-order valence-electron chi connectivity index (χ2n) is 5.27. The molecule has 112 valence electrons. The summed E-state index contributed by atoms with van der Waals surface area (Å²) in [4.78, 5) is 18.6. The molecule has 0 saturated carbocycles. The van der Waals surface area contributed by atoms with Gasteiger partial charge in [-0.3, -0.25) is 4.79 Å². The number of hydrogen-bond acceptors (Lipinski definition) is 4. The van der Waals surface area contributed by atoms with Gasteiger partial charge in [-0.25, -0.2) is 4.98 Å². The predicted molar refractivity (Wildman–Crippen MR) is 80.8 cm³/mol. The second-order valence-corrected chi connectivity index (χ2v) is 5.27. The van der Waals surface area contributed by atoms with E-state index in [2.05, 4.69) is 27.0 Å². The van der Waals surface area contributed by atoms with Crippen molar-refractivity contribution in [1.29, 1.82) is 0 Å². The van der Waals surface area contributed by atoms with Crippen LogP contribution in [0, 0.1) is 11.8 Å². The van der Waals surface area contributed by atoms with Crippen molar-refractivity contribution in [2.75, 3.05) is 26.2 Å². The van der Waals surface area contributed by atoms with Gasteiger partial charge in [0.25, 0.3) is 5.91 Å². The molecule has 1 saturated heterocycles. The van der Waals surface area contributed by atoms with Crippen LogP contribution in [0.4, 0.5) is 0 Å². The molecule has 0 aromatic carbocycles. The highest BCUT2D eigenvalue weighted by Gasteiger charge is 2.16. The Morgan fingerprint density at radius 3 is 2.86 bits per heavy atom. The zero-order valence-corrected chi connectivity index (χ0v) is 12.3. The lowest BCUT2D eigenvalue weighted by Gasteiger charge is -2.20. The van der Waals surface area contributed by atoms with Crippen molar-refractivity contribution in [2.45, 2.75) is 25.8 Å². The van der Waals surface area contributed by atoms with E-state index < -0.39 is 0 Å². The minimum absolute atomic E-state index is 0.103. The van der Waals surface area contributed by atoms with Crippen molar-refractivity contribution in [3.05, 3.63) is 29.6 Å². The lowest BCUT2D eigenvalue weighted by Crippen LogP contribution is -2.41. The first-order chi connectivity index (χ1) is 10.2. The van der Waals surface area contributed by atoms with E-state index in [1.54, 1.807) is 18.3 Å². The number of nitrogens with one attached hydrogen (secondary N) is 1. The van der Waals surface area contributed by atoms with E-state index in [4.69, 9.17) is 5.11 Å². The zero-order valence-electron chi connectivity index (χ0n) is 12.3. The number of aliphatic hydroxyl groups excluding tert-OH is 1. The van der Waals surface area contributed by atoms with E-state index in [1.807, 2.05) is 6.92 Å². The number of aromatic nitrogens is 1. The summed E-state index contributed by atoms with van der Waals surface area (Å²) in [6.45, 7) is 4.95. The lowest BCUT2D eigenvalue weighted by atomic mass is 10.2.